The van der Waals surface area contributed by atoms with Crippen molar-refractivity contribution in [2.75, 3.05) is 33.4 Å². The lowest BCUT2D eigenvalue weighted by atomic mass is 9.97. The molecule has 2 fully saturated rings. The second kappa shape index (κ2) is 8.00. The predicted molar refractivity (Wildman–Crippen MR) is 125 cm³/mol. The van der Waals surface area contributed by atoms with Crippen LogP contribution in [0, 0.1) is 0 Å². The van der Waals surface area contributed by atoms with Crippen molar-refractivity contribution in [3.63, 3.8) is 0 Å². The maximum atomic E-state index is 13.1. The molecule has 2 aliphatic heterocycles. The van der Waals surface area contributed by atoms with Gasteiger partial charge in [-0.1, -0.05) is 6.92 Å². The van der Waals surface area contributed by atoms with Gasteiger partial charge in [0, 0.05) is 18.3 Å². The topological polar surface area (TPSA) is 89.7 Å². The maximum absolute atomic E-state index is 13.1. The maximum Gasteiger partial charge on any atom is 0.326 e. The SMILES string of the molecule is CCc1cc2c(cc1-c1cc(OC)c3ncnn3c1)[nH]c(=O)n2C1CCCN(C2COC2)C1. The van der Waals surface area contributed by atoms with E-state index in [1.165, 1.54) is 11.9 Å². The Morgan fingerprint density at radius 3 is 2.88 bits per heavy atom. The minimum absolute atomic E-state index is 0.0368. The molecule has 2 saturated heterocycles. The lowest BCUT2D eigenvalue weighted by Crippen LogP contribution is -2.53. The minimum atomic E-state index is -0.0368. The summed E-state index contributed by atoms with van der Waals surface area (Å²) in [5, 5.41) is 4.29. The van der Waals surface area contributed by atoms with Crippen molar-refractivity contribution < 1.29 is 9.47 Å². The highest BCUT2D eigenvalue weighted by molar-refractivity contribution is 5.85. The Labute approximate surface area is 190 Å². The zero-order chi connectivity index (χ0) is 22.5. The average Bonchev–Trinajstić information content (AvgIpc) is 3.39. The molecule has 33 heavy (non-hydrogen) atoms. The second-order valence-corrected chi connectivity index (χ2v) is 8.99. The monoisotopic (exact) mass is 448 g/mol. The third-order valence-electron chi connectivity index (χ3n) is 7.12. The van der Waals surface area contributed by atoms with Crippen molar-refractivity contribution in [1.29, 1.82) is 0 Å². The fourth-order valence-corrected chi connectivity index (χ4v) is 5.29. The van der Waals surface area contributed by atoms with Crippen LogP contribution in [-0.4, -0.2) is 68.5 Å². The molecule has 1 aromatic carbocycles. The van der Waals surface area contributed by atoms with Crippen LogP contribution in [0.2, 0.25) is 0 Å². The molecule has 1 unspecified atom stereocenters. The molecule has 0 bridgehead atoms. The summed E-state index contributed by atoms with van der Waals surface area (Å²) in [7, 11) is 1.64. The van der Waals surface area contributed by atoms with E-state index >= 15 is 0 Å². The number of piperidine rings is 1. The first kappa shape index (κ1) is 20.4. The summed E-state index contributed by atoms with van der Waals surface area (Å²) < 4.78 is 14.7. The number of aryl methyl sites for hydroxylation is 1. The molecule has 1 N–H and O–H groups in total. The summed E-state index contributed by atoms with van der Waals surface area (Å²) in [6.07, 6.45) is 6.43. The first-order chi connectivity index (χ1) is 16.2. The van der Waals surface area contributed by atoms with E-state index < -0.39 is 0 Å². The van der Waals surface area contributed by atoms with E-state index in [4.69, 9.17) is 9.47 Å². The first-order valence-corrected chi connectivity index (χ1v) is 11.6. The molecule has 9 nitrogen and oxygen atoms in total. The largest absolute Gasteiger partial charge is 0.493 e. The Bertz CT molecular complexity index is 1380. The van der Waals surface area contributed by atoms with Crippen molar-refractivity contribution in [1.82, 2.24) is 29.0 Å². The number of ether oxygens (including phenoxy) is 2. The van der Waals surface area contributed by atoms with E-state index in [1.807, 2.05) is 16.8 Å². The van der Waals surface area contributed by atoms with Crippen molar-refractivity contribution in [2.24, 2.45) is 0 Å². The molecule has 0 radical (unpaired) electrons. The van der Waals surface area contributed by atoms with Gasteiger partial charge in [0.25, 0.3) is 0 Å². The molecule has 6 rings (SSSR count). The average molecular weight is 449 g/mol. The number of hydrogen-bond acceptors (Lipinski definition) is 6. The predicted octanol–water partition coefficient (Wildman–Crippen LogP) is 2.65. The Balaban J connectivity index is 1.44. The van der Waals surface area contributed by atoms with Crippen molar-refractivity contribution in [3.8, 4) is 16.9 Å². The fraction of sp³-hybridized carbons (Fsp3) is 0.458. The minimum Gasteiger partial charge on any atom is -0.493 e. The van der Waals surface area contributed by atoms with E-state index in [9.17, 15) is 4.79 Å². The number of imidazole rings is 1. The van der Waals surface area contributed by atoms with E-state index in [1.54, 1.807) is 11.6 Å². The number of fused-ring (bicyclic) bond motifs is 2. The van der Waals surface area contributed by atoms with Gasteiger partial charge >= 0.3 is 5.69 Å². The van der Waals surface area contributed by atoms with Crippen LogP contribution in [0.5, 0.6) is 5.75 Å². The van der Waals surface area contributed by atoms with Gasteiger partial charge < -0.3 is 14.5 Å². The highest BCUT2D eigenvalue weighted by atomic mass is 16.5. The molecular weight excluding hydrogens is 420 g/mol. The number of rotatable bonds is 5. The molecule has 9 heteroatoms. The molecular formula is C24H28N6O3. The third kappa shape index (κ3) is 3.34. The summed E-state index contributed by atoms with van der Waals surface area (Å²) in [6, 6.07) is 6.91. The Hall–Kier alpha value is -3.17. The van der Waals surface area contributed by atoms with Gasteiger partial charge in [0.05, 0.1) is 43.4 Å². The molecule has 0 spiro atoms. The van der Waals surface area contributed by atoms with E-state index in [0.29, 0.717) is 17.4 Å². The number of likely N-dealkylation sites (tertiary alicyclic amines) is 1. The van der Waals surface area contributed by atoms with Crippen LogP contribution in [0.3, 0.4) is 0 Å². The standard InChI is InChI=1S/C24H28N6O3/c1-3-15-7-21-20(9-19(15)16-8-22(32-2)23-25-14-26-29(23)10-16)27-24(31)30(21)17-5-4-6-28(11-17)18-12-33-13-18/h7-10,14,17-18H,3-6,11-13H2,1-2H3,(H,27,31). The van der Waals surface area contributed by atoms with Crippen molar-refractivity contribution >= 4 is 16.7 Å². The molecule has 172 valence electrons. The number of nitrogens with zero attached hydrogens (tertiary/aromatic N) is 5. The van der Waals surface area contributed by atoms with Crippen LogP contribution in [0.4, 0.5) is 0 Å². The van der Waals surface area contributed by atoms with Crippen molar-refractivity contribution in [2.45, 2.75) is 38.3 Å². The number of aromatic nitrogens is 5. The Morgan fingerprint density at radius 2 is 2.12 bits per heavy atom. The molecule has 0 saturated carbocycles. The van der Waals surface area contributed by atoms with Crippen LogP contribution in [0.1, 0.15) is 31.4 Å². The summed E-state index contributed by atoms with van der Waals surface area (Å²) in [4.78, 5) is 23.0. The number of aromatic amines is 1. The first-order valence-electron chi connectivity index (χ1n) is 11.6. The number of hydrogen-bond donors (Lipinski definition) is 1. The quantitative estimate of drug-likeness (QED) is 0.505. The summed E-state index contributed by atoms with van der Waals surface area (Å²) in [5.74, 6) is 0.667. The number of H-pyrrole nitrogens is 1. The van der Waals surface area contributed by atoms with Gasteiger partial charge in [-0.05, 0) is 55.1 Å². The number of nitrogens with one attached hydrogen (secondary N) is 1. The Morgan fingerprint density at radius 1 is 1.24 bits per heavy atom. The van der Waals surface area contributed by atoms with E-state index in [2.05, 4.69) is 39.0 Å². The summed E-state index contributed by atoms with van der Waals surface area (Å²) >= 11 is 0. The van der Waals surface area contributed by atoms with Crippen molar-refractivity contribution in [3.05, 3.63) is 46.8 Å². The number of benzene rings is 1. The highest BCUT2D eigenvalue weighted by Crippen LogP contribution is 2.33. The third-order valence-corrected chi connectivity index (χ3v) is 7.12. The van der Waals surface area contributed by atoms with E-state index in [-0.39, 0.29) is 11.7 Å². The molecule has 2 aliphatic rings. The van der Waals surface area contributed by atoms with Crippen LogP contribution in [-0.2, 0) is 11.2 Å². The molecule has 0 aliphatic carbocycles. The second-order valence-electron chi connectivity index (χ2n) is 8.99. The van der Waals surface area contributed by atoms with Gasteiger partial charge in [0.15, 0.2) is 11.4 Å². The fourth-order valence-electron chi connectivity index (χ4n) is 5.29. The molecule has 1 atom stereocenters. The molecule has 4 aromatic rings. The summed E-state index contributed by atoms with van der Waals surface area (Å²) in [6.45, 7) is 5.73. The molecule has 0 amide bonds. The van der Waals surface area contributed by atoms with Gasteiger partial charge in [-0.25, -0.2) is 14.3 Å². The van der Waals surface area contributed by atoms with Gasteiger partial charge in [0.2, 0.25) is 0 Å². The molecule has 3 aromatic heterocycles. The Kier molecular flexibility index (Phi) is 4.95. The zero-order valence-electron chi connectivity index (χ0n) is 19.0. The van der Waals surface area contributed by atoms with Crippen LogP contribution in [0.15, 0.2) is 35.5 Å². The van der Waals surface area contributed by atoms with Crippen LogP contribution < -0.4 is 10.4 Å². The van der Waals surface area contributed by atoms with E-state index in [0.717, 1.165) is 67.7 Å². The van der Waals surface area contributed by atoms with Gasteiger partial charge in [-0.15, -0.1) is 0 Å². The van der Waals surface area contributed by atoms with Gasteiger partial charge in [-0.2, -0.15) is 5.10 Å². The number of methoxy groups -OCH3 is 1. The number of pyridine rings is 1. The van der Waals surface area contributed by atoms with Gasteiger partial charge in [0.1, 0.15) is 6.33 Å². The lowest BCUT2D eigenvalue weighted by molar-refractivity contribution is -0.0751. The summed E-state index contributed by atoms with van der Waals surface area (Å²) in [5.41, 5.74) is 5.69. The van der Waals surface area contributed by atoms with Crippen LogP contribution in [0.25, 0.3) is 27.8 Å². The normalized spacial score (nSPS) is 19.9. The zero-order valence-corrected chi connectivity index (χ0v) is 19.0. The lowest BCUT2D eigenvalue weighted by Gasteiger charge is -2.42. The van der Waals surface area contributed by atoms with Gasteiger partial charge in [-0.3, -0.25) is 9.47 Å². The smallest absolute Gasteiger partial charge is 0.326 e. The highest BCUT2D eigenvalue weighted by Gasteiger charge is 2.32. The molecule has 5 heterocycles. The van der Waals surface area contributed by atoms with Crippen LogP contribution >= 0.6 is 0 Å².